The SMILES string of the molecule is COCCCCN(CCN)CCN. The third-order valence-corrected chi connectivity index (χ3v) is 1.96. The molecule has 4 N–H and O–H groups in total. The lowest BCUT2D eigenvalue weighted by Crippen LogP contribution is -2.34. The van der Waals surface area contributed by atoms with Crippen LogP contribution in [0.5, 0.6) is 0 Å². The van der Waals surface area contributed by atoms with Crippen LogP contribution in [0.2, 0.25) is 0 Å². The number of rotatable bonds is 9. The van der Waals surface area contributed by atoms with Crippen molar-refractivity contribution in [2.45, 2.75) is 12.8 Å². The average Bonchev–Trinajstić information content (AvgIpc) is 2.13. The van der Waals surface area contributed by atoms with Crippen LogP contribution < -0.4 is 11.5 Å². The molecule has 0 aliphatic heterocycles. The van der Waals surface area contributed by atoms with E-state index in [0.29, 0.717) is 13.1 Å². The number of nitrogens with zero attached hydrogens (tertiary/aromatic N) is 1. The van der Waals surface area contributed by atoms with Crippen molar-refractivity contribution in [1.82, 2.24) is 4.90 Å². The first-order valence-corrected chi connectivity index (χ1v) is 4.96. The monoisotopic (exact) mass is 189 g/mol. The van der Waals surface area contributed by atoms with Gasteiger partial charge in [-0.1, -0.05) is 0 Å². The van der Waals surface area contributed by atoms with Crippen LogP contribution in [0.3, 0.4) is 0 Å². The molecule has 0 spiro atoms. The van der Waals surface area contributed by atoms with Crippen molar-refractivity contribution in [2.75, 3.05) is 46.4 Å². The highest BCUT2D eigenvalue weighted by atomic mass is 16.5. The van der Waals surface area contributed by atoms with Crippen molar-refractivity contribution in [3.8, 4) is 0 Å². The lowest BCUT2D eigenvalue weighted by atomic mass is 10.3. The molecule has 0 amide bonds. The predicted octanol–water partition coefficient (Wildman–Crippen LogP) is -0.368. The number of hydrogen-bond acceptors (Lipinski definition) is 4. The molecule has 0 aliphatic carbocycles. The smallest absolute Gasteiger partial charge is 0.0462 e. The Kier molecular flexibility index (Phi) is 9.80. The number of nitrogens with two attached hydrogens (primary N) is 2. The largest absolute Gasteiger partial charge is 0.385 e. The van der Waals surface area contributed by atoms with Gasteiger partial charge in [0.25, 0.3) is 0 Å². The number of unbranched alkanes of at least 4 members (excludes halogenated alkanes) is 1. The normalized spacial score (nSPS) is 11.1. The van der Waals surface area contributed by atoms with E-state index in [0.717, 1.165) is 39.1 Å². The maximum atomic E-state index is 5.48. The second-order valence-electron chi connectivity index (χ2n) is 3.12. The fraction of sp³-hybridized carbons (Fsp3) is 1.00. The minimum Gasteiger partial charge on any atom is -0.385 e. The van der Waals surface area contributed by atoms with Crippen molar-refractivity contribution >= 4 is 0 Å². The molecule has 0 unspecified atom stereocenters. The fourth-order valence-corrected chi connectivity index (χ4v) is 1.28. The van der Waals surface area contributed by atoms with Crippen molar-refractivity contribution < 1.29 is 4.74 Å². The van der Waals surface area contributed by atoms with Crippen molar-refractivity contribution in [3.05, 3.63) is 0 Å². The third kappa shape index (κ3) is 8.18. The lowest BCUT2D eigenvalue weighted by Gasteiger charge is -2.20. The van der Waals surface area contributed by atoms with Gasteiger partial charge in [0.05, 0.1) is 0 Å². The first-order valence-electron chi connectivity index (χ1n) is 4.96. The van der Waals surface area contributed by atoms with Gasteiger partial charge in [0, 0.05) is 39.9 Å². The van der Waals surface area contributed by atoms with Gasteiger partial charge in [-0.2, -0.15) is 0 Å². The summed E-state index contributed by atoms with van der Waals surface area (Å²) >= 11 is 0. The molecule has 0 fully saturated rings. The summed E-state index contributed by atoms with van der Waals surface area (Å²) in [6.07, 6.45) is 2.27. The Balaban J connectivity index is 3.33. The van der Waals surface area contributed by atoms with Crippen LogP contribution in [0.1, 0.15) is 12.8 Å². The van der Waals surface area contributed by atoms with E-state index < -0.39 is 0 Å². The van der Waals surface area contributed by atoms with Crippen LogP contribution in [0, 0.1) is 0 Å². The van der Waals surface area contributed by atoms with Gasteiger partial charge in [-0.05, 0) is 19.4 Å². The van der Waals surface area contributed by atoms with Gasteiger partial charge in [-0.25, -0.2) is 0 Å². The van der Waals surface area contributed by atoms with Crippen LogP contribution in [0.25, 0.3) is 0 Å². The minimum atomic E-state index is 0.713. The van der Waals surface area contributed by atoms with E-state index in [9.17, 15) is 0 Å². The fourth-order valence-electron chi connectivity index (χ4n) is 1.28. The molecule has 0 saturated heterocycles. The predicted molar refractivity (Wildman–Crippen MR) is 55.7 cm³/mol. The molecule has 0 aromatic carbocycles. The molecule has 0 bridgehead atoms. The highest BCUT2D eigenvalue weighted by Crippen LogP contribution is 1.94. The second kappa shape index (κ2) is 9.92. The molecule has 0 rings (SSSR count). The van der Waals surface area contributed by atoms with Gasteiger partial charge in [0.1, 0.15) is 0 Å². The third-order valence-electron chi connectivity index (χ3n) is 1.96. The zero-order valence-electron chi connectivity index (χ0n) is 8.67. The van der Waals surface area contributed by atoms with E-state index in [1.165, 1.54) is 0 Å². The number of hydrogen-bond donors (Lipinski definition) is 2. The van der Waals surface area contributed by atoms with Crippen molar-refractivity contribution in [3.63, 3.8) is 0 Å². The summed E-state index contributed by atoms with van der Waals surface area (Å²) < 4.78 is 4.98. The molecular formula is C9H23N3O. The van der Waals surface area contributed by atoms with E-state index in [1.807, 2.05) is 0 Å². The van der Waals surface area contributed by atoms with Gasteiger partial charge < -0.3 is 21.1 Å². The number of methoxy groups -OCH3 is 1. The topological polar surface area (TPSA) is 64.5 Å². The van der Waals surface area contributed by atoms with Gasteiger partial charge in [-0.15, -0.1) is 0 Å². The van der Waals surface area contributed by atoms with Crippen LogP contribution in [-0.2, 0) is 4.74 Å². The Hall–Kier alpha value is -0.160. The van der Waals surface area contributed by atoms with Gasteiger partial charge >= 0.3 is 0 Å². The summed E-state index contributed by atoms with van der Waals surface area (Å²) in [4.78, 5) is 2.30. The van der Waals surface area contributed by atoms with Crippen molar-refractivity contribution in [2.24, 2.45) is 11.5 Å². The Morgan fingerprint density at radius 1 is 1.00 bits per heavy atom. The van der Waals surface area contributed by atoms with E-state index in [1.54, 1.807) is 7.11 Å². The summed E-state index contributed by atoms with van der Waals surface area (Å²) in [6.45, 7) is 5.25. The Morgan fingerprint density at radius 3 is 2.08 bits per heavy atom. The zero-order chi connectivity index (χ0) is 9.94. The van der Waals surface area contributed by atoms with E-state index in [4.69, 9.17) is 16.2 Å². The van der Waals surface area contributed by atoms with Crippen molar-refractivity contribution in [1.29, 1.82) is 0 Å². The Labute approximate surface area is 81.2 Å². The first kappa shape index (κ1) is 12.8. The molecule has 0 atom stereocenters. The van der Waals surface area contributed by atoms with Gasteiger partial charge in [0.15, 0.2) is 0 Å². The highest BCUT2D eigenvalue weighted by molar-refractivity contribution is 4.58. The minimum absolute atomic E-state index is 0.713. The molecule has 0 radical (unpaired) electrons. The quantitative estimate of drug-likeness (QED) is 0.486. The van der Waals surface area contributed by atoms with Crippen LogP contribution in [0.15, 0.2) is 0 Å². The molecule has 13 heavy (non-hydrogen) atoms. The molecule has 4 nitrogen and oxygen atoms in total. The van der Waals surface area contributed by atoms with E-state index >= 15 is 0 Å². The van der Waals surface area contributed by atoms with E-state index in [2.05, 4.69) is 4.90 Å². The molecule has 0 saturated carbocycles. The maximum Gasteiger partial charge on any atom is 0.0462 e. The maximum absolute atomic E-state index is 5.48. The average molecular weight is 189 g/mol. The van der Waals surface area contributed by atoms with Crippen LogP contribution >= 0.6 is 0 Å². The highest BCUT2D eigenvalue weighted by Gasteiger charge is 2.01. The standard InChI is InChI=1S/C9H23N3O/c1-13-9-3-2-6-12(7-4-10)8-5-11/h2-11H2,1H3. The van der Waals surface area contributed by atoms with Gasteiger partial charge in [0.2, 0.25) is 0 Å². The molecular weight excluding hydrogens is 166 g/mol. The second-order valence-corrected chi connectivity index (χ2v) is 3.12. The molecule has 4 heteroatoms. The summed E-state index contributed by atoms with van der Waals surface area (Å²) in [5, 5.41) is 0. The molecule has 0 aliphatic rings. The van der Waals surface area contributed by atoms with E-state index in [-0.39, 0.29) is 0 Å². The van der Waals surface area contributed by atoms with Gasteiger partial charge in [-0.3, -0.25) is 0 Å². The first-order chi connectivity index (χ1) is 6.35. The molecule has 0 aromatic heterocycles. The molecule has 0 aromatic rings. The molecule has 0 heterocycles. The Morgan fingerprint density at radius 2 is 1.62 bits per heavy atom. The Bertz CT molecular complexity index is 94.9. The summed E-state index contributed by atoms with van der Waals surface area (Å²) in [7, 11) is 1.73. The number of ether oxygens (including phenoxy) is 1. The summed E-state index contributed by atoms with van der Waals surface area (Å²) in [5.41, 5.74) is 11.0. The van der Waals surface area contributed by atoms with Crippen LogP contribution in [0.4, 0.5) is 0 Å². The zero-order valence-corrected chi connectivity index (χ0v) is 8.67. The summed E-state index contributed by atoms with van der Waals surface area (Å²) in [5.74, 6) is 0. The summed E-state index contributed by atoms with van der Waals surface area (Å²) in [6, 6.07) is 0. The molecule has 80 valence electrons. The lowest BCUT2D eigenvalue weighted by molar-refractivity contribution is 0.184. The van der Waals surface area contributed by atoms with Crippen LogP contribution in [-0.4, -0.2) is 51.3 Å².